The molecule has 1 aromatic heterocycles. The van der Waals surface area contributed by atoms with E-state index >= 15 is 0 Å². The number of amides is 1. The lowest BCUT2D eigenvalue weighted by molar-refractivity contribution is -0.122. The summed E-state index contributed by atoms with van der Waals surface area (Å²) in [5.41, 5.74) is 0.406. The Morgan fingerprint density at radius 2 is 2.09 bits per heavy atom. The van der Waals surface area contributed by atoms with Crippen LogP contribution < -0.4 is 10.1 Å². The molecule has 116 valence electrons. The van der Waals surface area contributed by atoms with Gasteiger partial charge in [0, 0.05) is 5.02 Å². The topological polar surface area (TPSA) is 64.6 Å². The van der Waals surface area contributed by atoms with E-state index in [0.29, 0.717) is 21.3 Å². The number of rotatable bonds is 5. The lowest BCUT2D eigenvalue weighted by Crippen LogP contribution is -2.30. The predicted molar refractivity (Wildman–Crippen MR) is 85.8 cm³/mol. The zero-order valence-corrected chi connectivity index (χ0v) is 13.5. The third-order valence-corrected chi connectivity index (χ3v) is 3.90. The number of hydrogen-bond acceptors (Lipinski definition) is 5. The molecular weight excluding hydrogens is 326 g/mol. The Morgan fingerprint density at radius 1 is 1.32 bits per heavy atom. The summed E-state index contributed by atoms with van der Waals surface area (Å²) >= 11 is 7.06. The predicted octanol–water partition coefficient (Wildman–Crippen LogP) is 3.59. The lowest BCUT2D eigenvalue weighted by Gasteiger charge is -2.14. The summed E-state index contributed by atoms with van der Waals surface area (Å²) in [6.45, 7) is 1.61. The van der Waals surface area contributed by atoms with Gasteiger partial charge in [0.15, 0.2) is 6.10 Å². The van der Waals surface area contributed by atoms with E-state index < -0.39 is 12.1 Å². The van der Waals surface area contributed by atoms with Crippen molar-refractivity contribution in [1.29, 1.82) is 0 Å². The first-order valence-corrected chi connectivity index (χ1v) is 7.66. The summed E-state index contributed by atoms with van der Waals surface area (Å²) in [6.07, 6.45) is -0.746. The largest absolute Gasteiger partial charge is 0.481 e. The van der Waals surface area contributed by atoms with Gasteiger partial charge in [0.25, 0.3) is 5.91 Å². The average Bonchev–Trinajstić information content (AvgIpc) is 2.94. The van der Waals surface area contributed by atoms with E-state index in [-0.39, 0.29) is 5.91 Å². The number of ether oxygens (including phenoxy) is 2. The van der Waals surface area contributed by atoms with Crippen LogP contribution in [0.5, 0.6) is 5.75 Å². The van der Waals surface area contributed by atoms with Gasteiger partial charge >= 0.3 is 5.97 Å². The second-order valence-electron chi connectivity index (χ2n) is 4.36. The number of thiophene rings is 1. The van der Waals surface area contributed by atoms with Gasteiger partial charge in [-0.25, -0.2) is 4.79 Å². The fraction of sp³-hybridized carbons (Fsp3) is 0.200. The van der Waals surface area contributed by atoms with Crippen molar-refractivity contribution in [2.75, 3.05) is 12.4 Å². The highest BCUT2D eigenvalue weighted by Gasteiger charge is 2.20. The first kappa shape index (κ1) is 16.3. The van der Waals surface area contributed by atoms with Crippen LogP contribution in [0.1, 0.15) is 16.6 Å². The van der Waals surface area contributed by atoms with E-state index in [4.69, 9.17) is 16.3 Å². The maximum absolute atomic E-state index is 12.1. The number of anilines is 1. The average molecular weight is 340 g/mol. The zero-order valence-electron chi connectivity index (χ0n) is 12.0. The molecule has 7 heteroatoms. The molecule has 1 N–H and O–H groups in total. The third kappa shape index (κ3) is 3.99. The van der Waals surface area contributed by atoms with Crippen LogP contribution in [0.2, 0.25) is 5.02 Å². The summed E-state index contributed by atoms with van der Waals surface area (Å²) < 4.78 is 10.2. The molecule has 0 fully saturated rings. The number of esters is 1. The molecule has 0 bridgehead atoms. The molecule has 2 rings (SSSR count). The minimum Gasteiger partial charge on any atom is -0.481 e. The fourth-order valence-electron chi connectivity index (χ4n) is 1.69. The summed E-state index contributed by atoms with van der Waals surface area (Å²) in [5.74, 6) is -0.370. The van der Waals surface area contributed by atoms with E-state index in [0.717, 1.165) is 0 Å². The molecule has 0 radical (unpaired) electrons. The molecule has 0 spiro atoms. The summed E-state index contributed by atoms with van der Waals surface area (Å²) in [6, 6.07) is 8.42. The van der Waals surface area contributed by atoms with Gasteiger partial charge < -0.3 is 14.8 Å². The SMILES string of the molecule is COC(=O)c1sccc1NC(=O)[C@H](C)Oc1cccc(Cl)c1. The van der Waals surface area contributed by atoms with E-state index in [1.807, 2.05) is 0 Å². The lowest BCUT2D eigenvalue weighted by atomic mass is 10.3. The van der Waals surface area contributed by atoms with Gasteiger partial charge in [-0.3, -0.25) is 4.79 Å². The quantitative estimate of drug-likeness (QED) is 0.845. The number of nitrogens with one attached hydrogen (secondary N) is 1. The molecule has 0 unspecified atom stereocenters. The maximum Gasteiger partial charge on any atom is 0.350 e. The minimum atomic E-state index is -0.746. The zero-order chi connectivity index (χ0) is 16.1. The van der Waals surface area contributed by atoms with E-state index in [9.17, 15) is 9.59 Å². The summed E-state index contributed by atoms with van der Waals surface area (Å²) in [7, 11) is 1.29. The highest BCUT2D eigenvalue weighted by Crippen LogP contribution is 2.24. The number of benzene rings is 1. The molecule has 0 aliphatic heterocycles. The Hall–Kier alpha value is -2.05. The Balaban J connectivity index is 2.03. The highest BCUT2D eigenvalue weighted by atomic mass is 35.5. The van der Waals surface area contributed by atoms with Crippen molar-refractivity contribution in [3.63, 3.8) is 0 Å². The van der Waals surface area contributed by atoms with Gasteiger partial charge in [-0.05, 0) is 36.6 Å². The van der Waals surface area contributed by atoms with Crippen LogP contribution in [0.25, 0.3) is 0 Å². The molecular formula is C15H14ClNO4S. The molecule has 2 aromatic rings. The molecule has 1 amide bonds. The Bertz CT molecular complexity index is 686. The van der Waals surface area contributed by atoms with Crippen LogP contribution in [-0.4, -0.2) is 25.1 Å². The fourth-order valence-corrected chi connectivity index (χ4v) is 2.64. The van der Waals surface area contributed by atoms with Crippen molar-refractivity contribution in [1.82, 2.24) is 0 Å². The molecule has 0 aliphatic carbocycles. The highest BCUT2D eigenvalue weighted by molar-refractivity contribution is 7.12. The van der Waals surface area contributed by atoms with E-state index in [1.165, 1.54) is 18.4 Å². The van der Waals surface area contributed by atoms with Crippen molar-refractivity contribution in [2.24, 2.45) is 0 Å². The molecule has 0 saturated carbocycles. The van der Waals surface area contributed by atoms with Crippen molar-refractivity contribution >= 4 is 40.5 Å². The van der Waals surface area contributed by atoms with Crippen molar-refractivity contribution < 1.29 is 19.1 Å². The van der Waals surface area contributed by atoms with Gasteiger partial charge in [0.1, 0.15) is 10.6 Å². The molecule has 5 nitrogen and oxygen atoms in total. The van der Waals surface area contributed by atoms with Crippen LogP contribution in [0.3, 0.4) is 0 Å². The third-order valence-electron chi connectivity index (χ3n) is 2.77. The normalized spacial score (nSPS) is 11.6. The summed E-state index contributed by atoms with van der Waals surface area (Å²) in [5, 5.41) is 4.88. The van der Waals surface area contributed by atoms with Gasteiger partial charge in [0.2, 0.25) is 0 Å². The number of halogens is 1. The van der Waals surface area contributed by atoms with Crippen molar-refractivity contribution in [3.05, 3.63) is 45.6 Å². The second kappa shape index (κ2) is 7.29. The first-order chi connectivity index (χ1) is 10.5. The minimum absolute atomic E-state index is 0.339. The number of carbonyl (C=O) groups is 2. The van der Waals surface area contributed by atoms with Crippen LogP contribution in [0.15, 0.2) is 35.7 Å². The van der Waals surface area contributed by atoms with E-state index in [2.05, 4.69) is 10.1 Å². The molecule has 1 aromatic carbocycles. The number of carbonyl (C=O) groups excluding carboxylic acids is 2. The smallest absolute Gasteiger partial charge is 0.350 e. The van der Waals surface area contributed by atoms with Gasteiger partial charge in [-0.1, -0.05) is 17.7 Å². The molecule has 22 heavy (non-hydrogen) atoms. The van der Waals surface area contributed by atoms with Gasteiger partial charge in [-0.15, -0.1) is 11.3 Å². The molecule has 0 aliphatic rings. The molecule has 1 atom stereocenters. The number of methoxy groups -OCH3 is 1. The Labute approximate surface area is 136 Å². The van der Waals surface area contributed by atoms with Crippen LogP contribution in [-0.2, 0) is 9.53 Å². The summed E-state index contributed by atoms with van der Waals surface area (Å²) in [4.78, 5) is 24.1. The second-order valence-corrected chi connectivity index (χ2v) is 5.71. The van der Waals surface area contributed by atoms with E-state index in [1.54, 1.807) is 42.6 Å². The standard InChI is InChI=1S/C15H14ClNO4S/c1-9(21-11-5-3-4-10(16)8-11)14(18)17-12-6-7-22-13(12)15(19)20-2/h3-9H,1-2H3,(H,17,18)/t9-/m0/s1. The van der Waals surface area contributed by atoms with Crippen molar-refractivity contribution in [3.8, 4) is 5.75 Å². The first-order valence-electron chi connectivity index (χ1n) is 6.40. The Kier molecular flexibility index (Phi) is 5.41. The maximum atomic E-state index is 12.1. The molecule has 1 heterocycles. The van der Waals surface area contributed by atoms with Crippen LogP contribution in [0.4, 0.5) is 5.69 Å². The Morgan fingerprint density at radius 3 is 2.77 bits per heavy atom. The molecule has 0 saturated heterocycles. The van der Waals surface area contributed by atoms with Crippen LogP contribution >= 0.6 is 22.9 Å². The van der Waals surface area contributed by atoms with Gasteiger partial charge in [-0.2, -0.15) is 0 Å². The monoisotopic (exact) mass is 339 g/mol. The van der Waals surface area contributed by atoms with Gasteiger partial charge in [0.05, 0.1) is 12.8 Å². The van der Waals surface area contributed by atoms with Crippen molar-refractivity contribution in [2.45, 2.75) is 13.0 Å². The van der Waals surface area contributed by atoms with Crippen LogP contribution in [0, 0.1) is 0 Å². The number of hydrogen-bond donors (Lipinski definition) is 1.